The largest absolute Gasteiger partial charge is 0.385 e. The molecule has 0 saturated heterocycles. The lowest BCUT2D eigenvalue weighted by atomic mass is 10.1. The summed E-state index contributed by atoms with van der Waals surface area (Å²) < 4.78 is 2.80. The first kappa shape index (κ1) is 13.8. The fourth-order valence-electron chi connectivity index (χ4n) is 1.79. The molecule has 0 fully saturated rings. The van der Waals surface area contributed by atoms with Gasteiger partial charge in [-0.05, 0) is 35.6 Å². The standard InChI is InChI=1S/C12H13IN4O2/c1-2-14-12-4-3-11(17(18)19)5-9(12)7-16-8-10(13)6-15-16/h3-6,8,14H,2,7H2,1H3. The molecule has 100 valence electrons. The maximum Gasteiger partial charge on any atom is 0.269 e. The summed E-state index contributed by atoms with van der Waals surface area (Å²) in [6, 6.07) is 4.84. The fraction of sp³-hybridized carbons (Fsp3) is 0.250. The SMILES string of the molecule is CCNc1ccc([N+](=O)[O-])cc1Cn1cc(I)cn1. The van der Waals surface area contributed by atoms with Crippen LogP contribution in [0.15, 0.2) is 30.6 Å². The van der Waals surface area contributed by atoms with E-state index in [-0.39, 0.29) is 10.6 Å². The van der Waals surface area contributed by atoms with E-state index in [0.29, 0.717) is 6.54 Å². The van der Waals surface area contributed by atoms with Crippen LogP contribution in [0.1, 0.15) is 12.5 Å². The third-order valence-corrected chi connectivity index (χ3v) is 3.16. The minimum Gasteiger partial charge on any atom is -0.385 e. The number of non-ortho nitro benzene ring substituents is 1. The summed E-state index contributed by atoms with van der Waals surface area (Å²) in [6.07, 6.45) is 3.65. The zero-order valence-corrected chi connectivity index (χ0v) is 12.5. The first-order valence-corrected chi connectivity index (χ1v) is 6.87. The Labute approximate surface area is 124 Å². The Kier molecular flexibility index (Phi) is 4.35. The lowest BCUT2D eigenvalue weighted by Crippen LogP contribution is -2.06. The van der Waals surface area contributed by atoms with Gasteiger partial charge >= 0.3 is 0 Å². The van der Waals surface area contributed by atoms with Crippen LogP contribution < -0.4 is 5.32 Å². The van der Waals surface area contributed by atoms with Gasteiger partial charge in [-0.1, -0.05) is 0 Å². The Bertz CT molecular complexity index is 597. The van der Waals surface area contributed by atoms with Crippen LogP contribution in [0.25, 0.3) is 0 Å². The van der Waals surface area contributed by atoms with Crippen molar-refractivity contribution in [2.45, 2.75) is 13.5 Å². The molecule has 19 heavy (non-hydrogen) atoms. The minimum absolute atomic E-state index is 0.0958. The van der Waals surface area contributed by atoms with Gasteiger partial charge in [-0.15, -0.1) is 0 Å². The Balaban J connectivity index is 2.34. The molecule has 7 heteroatoms. The molecule has 1 heterocycles. The van der Waals surface area contributed by atoms with E-state index in [1.54, 1.807) is 23.0 Å². The molecule has 2 rings (SSSR count). The highest BCUT2D eigenvalue weighted by Crippen LogP contribution is 2.23. The van der Waals surface area contributed by atoms with E-state index in [2.05, 4.69) is 33.0 Å². The number of aromatic nitrogens is 2. The van der Waals surface area contributed by atoms with Crippen molar-refractivity contribution in [1.82, 2.24) is 9.78 Å². The number of anilines is 1. The van der Waals surface area contributed by atoms with E-state index in [9.17, 15) is 10.1 Å². The number of benzene rings is 1. The Morgan fingerprint density at radius 2 is 2.32 bits per heavy atom. The van der Waals surface area contributed by atoms with Gasteiger partial charge in [0.15, 0.2) is 0 Å². The first-order valence-electron chi connectivity index (χ1n) is 5.79. The second-order valence-electron chi connectivity index (χ2n) is 3.99. The highest BCUT2D eigenvalue weighted by Gasteiger charge is 2.11. The van der Waals surface area contributed by atoms with Gasteiger partial charge in [-0.2, -0.15) is 5.10 Å². The molecule has 0 spiro atoms. The lowest BCUT2D eigenvalue weighted by Gasteiger charge is -2.10. The van der Waals surface area contributed by atoms with Gasteiger partial charge in [0.1, 0.15) is 0 Å². The van der Waals surface area contributed by atoms with E-state index < -0.39 is 0 Å². The zero-order chi connectivity index (χ0) is 13.8. The molecule has 0 amide bonds. The quantitative estimate of drug-likeness (QED) is 0.498. The maximum atomic E-state index is 10.8. The second kappa shape index (κ2) is 6.00. The Hall–Kier alpha value is -1.64. The molecular formula is C12H13IN4O2. The molecule has 0 atom stereocenters. The number of nitro benzene ring substituents is 1. The van der Waals surface area contributed by atoms with Gasteiger partial charge in [0.05, 0.1) is 21.2 Å². The Morgan fingerprint density at radius 3 is 2.89 bits per heavy atom. The van der Waals surface area contributed by atoms with E-state index >= 15 is 0 Å². The number of hydrogen-bond acceptors (Lipinski definition) is 4. The predicted octanol–water partition coefficient (Wildman–Crippen LogP) is 2.88. The predicted molar refractivity (Wildman–Crippen MR) is 81.3 cm³/mol. The van der Waals surface area contributed by atoms with Crippen molar-refractivity contribution in [2.75, 3.05) is 11.9 Å². The second-order valence-corrected chi connectivity index (χ2v) is 5.23. The normalized spacial score (nSPS) is 10.4. The van der Waals surface area contributed by atoms with Crippen molar-refractivity contribution < 1.29 is 4.92 Å². The average Bonchev–Trinajstić information content (AvgIpc) is 2.77. The number of hydrogen-bond donors (Lipinski definition) is 1. The molecule has 0 aliphatic heterocycles. The van der Waals surface area contributed by atoms with Gasteiger partial charge in [0, 0.05) is 36.1 Å². The van der Waals surface area contributed by atoms with Crippen LogP contribution in [-0.2, 0) is 6.54 Å². The van der Waals surface area contributed by atoms with Gasteiger partial charge in [-0.3, -0.25) is 14.8 Å². The molecule has 1 aromatic heterocycles. The van der Waals surface area contributed by atoms with Crippen LogP contribution in [0.2, 0.25) is 0 Å². The molecule has 1 N–H and O–H groups in total. The summed E-state index contributed by atoms with van der Waals surface area (Å²) in [7, 11) is 0. The summed E-state index contributed by atoms with van der Waals surface area (Å²) in [6.45, 7) is 3.26. The molecular weight excluding hydrogens is 359 g/mol. The van der Waals surface area contributed by atoms with Crippen molar-refractivity contribution >= 4 is 34.0 Å². The molecule has 0 radical (unpaired) electrons. The molecule has 2 aromatic rings. The minimum atomic E-state index is -0.383. The fourth-order valence-corrected chi connectivity index (χ4v) is 2.23. The van der Waals surface area contributed by atoms with Crippen LogP contribution in [0.4, 0.5) is 11.4 Å². The summed E-state index contributed by atoms with van der Waals surface area (Å²) >= 11 is 2.18. The van der Waals surface area contributed by atoms with Crippen molar-refractivity contribution in [3.05, 3.63) is 49.8 Å². The van der Waals surface area contributed by atoms with E-state index in [4.69, 9.17) is 0 Å². The van der Waals surface area contributed by atoms with Crippen molar-refractivity contribution in [3.8, 4) is 0 Å². The van der Waals surface area contributed by atoms with Gasteiger partial charge in [0.2, 0.25) is 0 Å². The van der Waals surface area contributed by atoms with Crippen LogP contribution in [0.5, 0.6) is 0 Å². The highest BCUT2D eigenvalue weighted by molar-refractivity contribution is 14.1. The molecule has 0 bridgehead atoms. The molecule has 0 saturated carbocycles. The maximum absolute atomic E-state index is 10.8. The molecule has 0 unspecified atom stereocenters. The molecule has 0 aliphatic rings. The van der Waals surface area contributed by atoms with E-state index in [0.717, 1.165) is 21.4 Å². The molecule has 6 nitrogen and oxygen atoms in total. The first-order chi connectivity index (χ1) is 9.10. The summed E-state index contributed by atoms with van der Waals surface area (Å²) in [5.41, 5.74) is 1.85. The number of nitrogens with zero attached hydrogens (tertiary/aromatic N) is 3. The molecule has 0 aliphatic carbocycles. The van der Waals surface area contributed by atoms with Gasteiger partial charge in [0.25, 0.3) is 5.69 Å². The zero-order valence-electron chi connectivity index (χ0n) is 10.3. The average molecular weight is 372 g/mol. The third-order valence-electron chi connectivity index (χ3n) is 2.60. The van der Waals surface area contributed by atoms with Crippen molar-refractivity contribution in [3.63, 3.8) is 0 Å². The van der Waals surface area contributed by atoms with Crippen molar-refractivity contribution in [1.29, 1.82) is 0 Å². The number of halogens is 1. The summed E-state index contributed by atoms with van der Waals surface area (Å²) in [5, 5.41) is 18.2. The number of nitrogens with one attached hydrogen (secondary N) is 1. The molecule has 1 aromatic carbocycles. The number of rotatable bonds is 5. The monoisotopic (exact) mass is 372 g/mol. The van der Waals surface area contributed by atoms with Crippen LogP contribution in [-0.4, -0.2) is 21.2 Å². The number of nitro groups is 1. The van der Waals surface area contributed by atoms with Crippen molar-refractivity contribution in [2.24, 2.45) is 0 Å². The van der Waals surface area contributed by atoms with E-state index in [1.165, 1.54) is 6.07 Å². The van der Waals surface area contributed by atoms with Crippen LogP contribution in [0.3, 0.4) is 0 Å². The van der Waals surface area contributed by atoms with E-state index in [1.807, 2.05) is 13.1 Å². The third kappa shape index (κ3) is 3.43. The lowest BCUT2D eigenvalue weighted by molar-refractivity contribution is -0.384. The van der Waals surface area contributed by atoms with Gasteiger partial charge in [-0.25, -0.2) is 0 Å². The van der Waals surface area contributed by atoms with Crippen LogP contribution in [0, 0.1) is 13.7 Å². The smallest absolute Gasteiger partial charge is 0.269 e. The Morgan fingerprint density at radius 1 is 1.53 bits per heavy atom. The highest BCUT2D eigenvalue weighted by atomic mass is 127. The van der Waals surface area contributed by atoms with Gasteiger partial charge < -0.3 is 5.32 Å². The summed E-state index contributed by atoms with van der Waals surface area (Å²) in [4.78, 5) is 10.5. The topological polar surface area (TPSA) is 73.0 Å². The van der Waals surface area contributed by atoms with Crippen LogP contribution >= 0.6 is 22.6 Å². The summed E-state index contributed by atoms with van der Waals surface area (Å²) in [5.74, 6) is 0.